The van der Waals surface area contributed by atoms with Gasteiger partial charge in [0, 0.05) is 25.0 Å². The zero-order valence-corrected chi connectivity index (χ0v) is 9.09. The predicted octanol–water partition coefficient (Wildman–Crippen LogP) is 0.0831. The Morgan fingerprint density at radius 3 is 2.40 bits per heavy atom. The molecule has 1 unspecified atom stereocenters. The Labute approximate surface area is 88.6 Å². The van der Waals surface area contributed by atoms with E-state index in [-0.39, 0.29) is 24.9 Å². The first kappa shape index (κ1) is 14.2. The lowest BCUT2D eigenvalue weighted by atomic mass is 10.2. The Hall–Kier alpha value is -0.750. The highest BCUT2D eigenvalue weighted by Gasteiger charge is 2.14. The summed E-state index contributed by atoms with van der Waals surface area (Å²) in [7, 11) is 0. The van der Waals surface area contributed by atoms with Gasteiger partial charge < -0.3 is 16.4 Å². The highest BCUT2D eigenvalue weighted by atomic mass is 19.3. The molecule has 0 rings (SSSR count). The van der Waals surface area contributed by atoms with Gasteiger partial charge in [-0.15, -0.1) is 0 Å². The van der Waals surface area contributed by atoms with Crippen LogP contribution in [0.1, 0.15) is 20.3 Å². The van der Waals surface area contributed by atoms with Crippen molar-refractivity contribution in [3.63, 3.8) is 0 Å². The molecular formula is C9H19F2N3O. The van der Waals surface area contributed by atoms with E-state index >= 15 is 0 Å². The third kappa shape index (κ3) is 8.26. The molecule has 0 aromatic carbocycles. The van der Waals surface area contributed by atoms with Crippen molar-refractivity contribution in [2.75, 3.05) is 13.1 Å². The summed E-state index contributed by atoms with van der Waals surface area (Å²) in [6, 6.07) is -0.344. The number of alkyl halides is 2. The van der Waals surface area contributed by atoms with Crippen LogP contribution in [-0.4, -0.2) is 37.5 Å². The van der Waals surface area contributed by atoms with Gasteiger partial charge in [-0.2, -0.15) is 0 Å². The molecule has 0 aliphatic rings. The Morgan fingerprint density at radius 1 is 1.40 bits per heavy atom. The molecule has 0 aromatic heterocycles. The van der Waals surface area contributed by atoms with Gasteiger partial charge in [-0.25, -0.2) is 8.78 Å². The minimum Gasteiger partial charge on any atom is -0.354 e. The molecule has 0 heterocycles. The van der Waals surface area contributed by atoms with Gasteiger partial charge in [-0.3, -0.25) is 4.79 Å². The number of nitrogens with two attached hydrogens (primary N) is 1. The van der Waals surface area contributed by atoms with Gasteiger partial charge in [-0.05, 0) is 13.8 Å². The van der Waals surface area contributed by atoms with E-state index < -0.39 is 19.0 Å². The maximum absolute atomic E-state index is 11.9. The van der Waals surface area contributed by atoms with Crippen LogP contribution in [0.2, 0.25) is 0 Å². The summed E-state index contributed by atoms with van der Waals surface area (Å²) in [5.74, 6) is -0.179. The average molecular weight is 223 g/mol. The van der Waals surface area contributed by atoms with Crippen molar-refractivity contribution in [1.29, 1.82) is 0 Å². The normalized spacial score (nSPS) is 13.3. The summed E-state index contributed by atoms with van der Waals surface area (Å²) in [5.41, 5.74) is 5.35. The first-order chi connectivity index (χ1) is 6.95. The van der Waals surface area contributed by atoms with Crippen molar-refractivity contribution in [2.24, 2.45) is 5.73 Å². The Morgan fingerprint density at radius 2 is 2.00 bits per heavy atom. The molecular weight excluding hydrogens is 204 g/mol. The summed E-state index contributed by atoms with van der Waals surface area (Å²) in [5, 5.41) is 5.21. The van der Waals surface area contributed by atoms with Gasteiger partial charge >= 0.3 is 0 Å². The summed E-state index contributed by atoms with van der Waals surface area (Å²) >= 11 is 0. The number of hydrogen-bond donors (Lipinski definition) is 3. The summed E-state index contributed by atoms with van der Waals surface area (Å²) in [6.07, 6.45) is -2.30. The summed E-state index contributed by atoms with van der Waals surface area (Å²) in [6.45, 7) is 3.40. The van der Waals surface area contributed by atoms with E-state index in [1.165, 1.54) is 0 Å². The van der Waals surface area contributed by atoms with Crippen LogP contribution in [0.3, 0.4) is 0 Å². The smallest absolute Gasteiger partial charge is 0.250 e. The minimum atomic E-state index is -2.42. The van der Waals surface area contributed by atoms with Crippen LogP contribution in [0.5, 0.6) is 0 Å². The Kier molecular flexibility index (Phi) is 7.15. The first-order valence-electron chi connectivity index (χ1n) is 4.96. The van der Waals surface area contributed by atoms with Crippen LogP contribution >= 0.6 is 0 Å². The van der Waals surface area contributed by atoms with Crippen molar-refractivity contribution >= 4 is 5.91 Å². The molecule has 1 amide bonds. The van der Waals surface area contributed by atoms with Gasteiger partial charge in [-0.1, -0.05) is 0 Å². The maximum atomic E-state index is 11.9. The molecule has 15 heavy (non-hydrogen) atoms. The van der Waals surface area contributed by atoms with Crippen molar-refractivity contribution in [1.82, 2.24) is 10.6 Å². The minimum absolute atomic E-state index is 0.0472. The lowest BCUT2D eigenvalue weighted by molar-refractivity contribution is -0.122. The fraction of sp³-hybridized carbons (Fsp3) is 0.889. The van der Waals surface area contributed by atoms with Crippen LogP contribution in [-0.2, 0) is 4.79 Å². The molecule has 0 saturated carbocycles. The highest BCUT2D eigenvalue weighted by Crippen LogP contribution is 1.94. The van der Waals surface area contributed by atoms with Gasteiger partial charge in [0.05, 0.1) is 6.54 Å². The number of carbonyl (C=O) groups is 1. The topological polar surface area (TPSA) is 67.2 Å². The van der Waals surface area contributed by atoms with Gasteiger partial charge in [0.25, 0.3) is 6.43 Å². The van der Waals surface area contributed by atoms with Crippen LogP contribution in [0.4, 0.5) is 8.78 Å². The maximum Gasteiger partial charge on any atom is 0.250 e. The summed E-state index contributed by atoms with van der Waals surface area (Å²) < 4.78 is 23.8. The van der Waals surface area contributed by atoms with E-state index in [2.05, 4.69) is 10.6 Å². The van der Waals surface area contributed by atoms with E-state index in [1.807, 2.05) is 13.8 Å². The molecule has 1 atom stereocenters. The molecule has 0 aromatic rings. The molecule has 0 saturated heterocycles. The average Bonchev–Trinajstić information content (AvgIpc) is 2.10. The fourth-order valence-electron chi connectivity index (χ4n) is 1.10. The first-order valence-corrected chi connectivity index (χ1v) is 4.96. The van der Waals surface area contributed by atoms with Crippen LogP contribution in [0.25, 0.3) is 0 Å². The van der Waals surface area contributed by atoms with Crippen LogP contribution in [0.15, 0.2) is 0 Å². The van der Waals surface area contributed by atoms with Crippen molar-refractivity contribution in [3.8, 4) is 0 Å². The molecule has 4 N–H and O–H groups in total. The van der Waals surface area contributed by atoms with Crippen molar-refractivity contribution in [2.45, 2.75) is 38.8 Å². The quantitative estimate of drug-likeness (QED) is 0.572. The zero-order valence-electron chi connectivity index (χ0n) is 9.09. The molecule has 0 radical (unpaired) electrons. The molecule has 0 fully saturated rings. The SMILES string of the molecule is CC(C)NC(=O)CC(CN)NCC(F)F. The van der Waals surface area contributed by atoms with E-state index in [9.17, 15) is 13.6 Å². The molecule has 0 aliphatic carbocycles. The fourth-order valence-corrected chi connectivity index (χ4v) is 1.10. The second kappa shape index (κ2) is 7.53. The number of rotatable bonds is 7. The molecule has 4 nitrogen and oxygen atoms in total. The lowest BCUT2D eigenvalue weighted by Crippen LogP contribution is -2.43. The number of amides is 1. The standard InChI is InChI=1S/C9H19F2N3O/c1-6(2)14-9(15)3-7(4-12)13-5-8(10)11/h6-8,13H,3-5,12H2,1-2H3,(H,14,15). The van der Waals surface area contributed by atoms with Gasteiger partial charge in [0.1, 0.15) is 0 Å². The number of nitrogens with one attached hydrogen (secondary N) is 2. The molecule has 90 valence electrons. The van der Waals surface area contributed by atoms with Crippen LogP contribution in [0, 0.1) is 0 Å². The molecule has 0 spiro atoms. The van der Waals surface area contributed by atoms with E-state index in [0.29, 0.717) is 0 Å². The van der Waals surface area contributed by atoms with Gasteiger partial charge in [0.15, 0.2) is 0 Å². The predicted molar refractivity (Wildman–Crippen MR) is 54.7 cm³/mol. The van der Waals surface area contributed by atoms with Crippen LogP contribution < -0.4 is 16.4 Å². The number of halogens is 2. The lowest BCUT2D eigenvalue weighted by Gasteiger charge is -2.17. The number of carbonyl (C=O) groups excluding carboxylic acids is 1. The highest BCUT2D eigenvalue weighted by molar-refractivity contribution is 5.76. The molecule has 6 heteroatoms. The third-order valence-electron chi connectivity index (χ3n) is 1.73. The van der Waals surface area contributed by atoms with Crippen molar-refractivity contribution in [3.05, 3.63) is 0 Å². The Bertz CT molecular complexity index is 188. The second-order valence-corrected chi connectivity index (χ2v) is 3.66. The van der Waals surface area contributed by atoms with E-state index in [1.54, 1.807) is 0 Å². The van der Waals surface area contributed by atoms with Crippen molar-refractivity contribution < 1.29 is 13.6 Å². The molecule has 0 bridgehead atoms. The third-order valence-corrected chi connectivity index (χ3v) is 1.73. The largest absolute Gasteiger partial charge is 0.354 e. The summed E-state index contributed by atoms with van der Waals surface area (Å²) in [4.78, 5) is 11.3. The van der Waals surface area contributed by atoms with E-state index in [0.717, 1.165) is 0 Å². The zero-order chi connectivity index (χ0) is 11.8. The Balaban J connectivity index is 3.82. The number of hydrogen-bond acceptors (Lipinski definition) is 3. The van der Waals surface area contributed by atoms with Gasteiger partial charge in [0.2, 0.25) is 5.91 Å². The monoisotopic (exact) mass is 223 g/mol. The second-order valence-electron chi connectivity index (χ2n) is 3.66. The van der Waals surface area contributed by atoms with E-state index in [4.69, 9.17) is 5.73 Å². The molecule has 0 aliphatic heterocycles.